The second-order valence-corrected chi connectivity index (χ2v) is 6.69. The minimum absolute atomic E-state index is 0.0304. The van der Waals surface area contributed by atoms with Crippen molar-refractivity contribution in [3.8, 4) is 0 Å². The van der Waals surface area contributed by atoms with Crippen molar-refractivity contribution in [3.05, 3.63) is 11.6 Å². The first-order chi connectivity index (χ1) is 11.7. The molecule has 1 saturated heterocycles. The quantitative estimate of drug-likeness (QED) is 0.873. The van der Waals surface area contributed by atoms with E-state index in [1.165, 1.54) is 6.42 Å². The number of amides is 2. The lowest BCUT2D eigenvalue weighted by atomic mass is 10.1. The number of aryl methyl sites for hydroxylation is 1. The van der Waals surface area contributed by atoms with E-state index in [0.717, 1.165) is 50.3 Å². The maximum atomic E-state index is 12.8. The van der Waals surface area contributed by atoms with Gasteiger partial charge in [0.2, 0.25) is 5.91 Å². The molecule has 2 amide bonds. The van der Waals surface area contributed by atoms with E-state index >= 15 is 0 Å². The summed E-state index contributed by atoms with van der Waals surface area (Å²) < 4.78 is 2.22. The molecule has 1 N–H and O–H groups in total. The minimum atomic E-state index is -0.132. The van der Waals surface area contributed by atoms with Crippen molar-refractivity contribution in [2.45, 2.75) is 64.0 Å². The first-order valence-electron chi connectivity index (χ1n) is 8.82. The summed E-state index contributed by atoms with van der Waals surface area (Å²) in [6.07, 6.45) is 7.06. The number of carbonyl (C=O) groups excluding carboxylic acids is 2. The van der Waals surface area contributed by atoms with Gasteiger partial charge >= 0.3 is 0 Å². The molecule has 0 unspecified atom stereocenters. The van der Waals surface area contributed by atoms with Crippen LogP contribution in [-0.2, 0) is 22.6 Å². The molecule has 3 aliphatic rings. The lowest BCUT2D eigenvalue weighted by Gasteiger charge is -2.26. The summed E-state index contributed by atoms with van der Waals surface area (Å²) in [6.45, 7) is 1.64. The molecule has 0 saturated carbocycles. The lowest BCUT2D eigenvalue weighted by molar-refractivity contribution is -0.125. The highest BCUT2D eigenvalue weighted by Gasteiger charge is 2.36. The molecule has 8 nitrogen and oxygen atoms in total. The molecule has 1 aromatic heterocycles. The summed E-state index contributed by atoms with van der Waals surface area (Å²) in [5.74, 6) is 1.75. The van der Waals surface area contributed by atoms with Crippen LogP contribution in [0, 0.1) is 0 Å². The number of hydrogen-bond donors (Lipinski definition) is 1. The molecule has 0 aromatic carbocycles. The van der Waals surface area contributed by atoms with Gasteiger partial charge in [-0.25, -0.2) is 5.43 Å². The zero-order chi connectivity index (χ0) is 16.5. The molecule has 128 valence electrons. The number of nitrogens with one attached hydrogen (secondary N) is 1. The molecule has 1 aromatic rings. The molecule has 24 heavy (non-hydrogen) atoms. The molecule has 0 aliphatic carbocycles. The molecule has 1 atom stereocenters. The van der Waals surface area contributed by atoms with Crippen molar-refractivity contribution in [2.75, 3.05) is 6.54 Å². The van der Waals surface area contributed by atoms with Crippen LogP contribution in [0.1, 0.15) is 62.6 Å². The van der Waals surface area contributed by atoms with Crippen molar-refractivity contribution < 1.29 is 9.59 Å². The average molecular weight is 330 g/mol. The van der Waals surface area contributed by atoms with Gasteiger partial charge in [0.15, 0.2) is 5.82 Å². The SMILES string of the molecule is O=C1CCC(C(=O)N2CCC[C@@H]2c2nnc3n2CCCCC3)=NN1. The van der Waals surface area contributed by atoms with E-state index in [-0.39, 0.29) is 17.9 Å². The largest absolute Gasteiger partial charge is 0.327 e. The van der Waals surface area contributed by atoms with Crippen LogP contribution in [0.25, 0.3) is 0 Å². The summed E-state index contributed by atoms with van der Waals surface area (Å²) in [4.78, 5) is 25.9. The van der Waals surface area contributed by atoms with Crippen molar-refractivity contribution in [2.24, 2.45) is 5.10 Å². The fraction of sp³-hybridized carbons (Fsp3) is 0.688. The van der Waals surface area contributed by atoms with Crippen LogP contribution in [-0.4, -0.2) is 43.7 Å². The predicted octanol–water partition coefficient (Wildman–Crippen LogP) is 0.934. The molecule has 0 radical (unpaired) electrons. The molecule has 8 heteroatoms. The standard InChI is InChI=1S/C16H22N6O2/c23-14-8-7-11(17-19-14)16(24)21-10-4-5-12(21)15-20-18-13-6-2-1-3-9-22(13)15/h12H,1-10H2,(H,19,23)/t12-/m1/s1. The third kappa shape index (κ3) is 2.70. The van der Waals surface area contributed by atoms with Crippen molar-refractivity contribution >= 4 is 17.5 Å². The van der Waals surface area contributed by atoms with E-state index in [1.54, 1.807) is 0 Å². The van der Waals surface area contributed by atoms with Crippen LogP contribution in [0.5, 0.6) is 0 Å². The van der Waals surface area contributed by atoms with Gasteiger partial charge in [-0.2, -0.15) is 5.10 Å². The highest BCUT2D eigenvalue weighted by atomic mass is 16.2. The zero-order valence-electron chi connectivity index (χ0n) is 13.7. The van der Waals surface area contributed by atoms with Crippen LogP contribution >= 0.6 is 0 Å². The minimum Gasteiger partial charge on any atom is -0.327 e. The molecular formula is C16H22N6O2. The van der Waals surface area contributed by atoms with Crippen LogP contribution in [0.15, 0.2) is 5.10 Å². The topological polar surface area (TPSA) is 92.5 Å². The van der Waals surface area contributed by atoms with Crippen molar-refractivity contribution in [3.63, 3.8) is 0 Å². The van der Waals surface area contributed by atoms with E-state index in [2.05, 4.69) is 25.3 Å². The van der Waals surface area contributed by atoms with Gasteiger partial charge in [-0.3, -0.25) is 9.59 Å². The summed E-state index contributed by atoms with van der Waals surface area (Å²) in [6, 6.07) is -0.0304. The molecule has 4 heterocycles. The molecule has 1 fully saturated rings. The average Bonchev–Trinajstić information content (AvgIpc) is 3.16. The number of hydrazone groups is 1. The van der Waals surface area contributed by atoms with Crippen molar-refractivity contribution in [1.82, 2.24) is 25.1 Å². The highest BCUT2D eigenvalue weighted by molar-refractivity contribution is 6.39. The van der Waals surface area contributed by atoms with E-state index in [9.17, 15) is 9.59 Å². The molecule has 3 aliphatic heterocycles. The smallest absolute Gasteiger partial charge is 0.270 e. The zero-order valence-corrected chi connectivity index (χ0v) is 13.7. The predicted molar refractivity (Wildman–Crippen MR) is 86.1 cm³/mol. The maximum Gasteiger partial charge on any atom is 0.270 e. The fourth-order valence-corrected chi connectivity index (χ4v) is 3.83. The number of nitrogens with zero attached hydrogens (tertiary/aromatic N) is 5. The molecule has 0 bridgehead atoms. The van der Waals surface area contributed by atoms with E-state index in [4.69, 9.17) is 0 Å². The van der Waals surface area contributed by atoms with Crippen LogP contribution in [0.4, 0.5) is 0 Å². The first kappa shape index (κ1) is 15.3. The Bertz CT molecular complexity index is 695. The van der Waals surface area contributed by atoms with Gasteiger partial charge in [-0.05, 0) is 25.7 Å². The van der Waals surface area contributed by atoms with Crippen LogP contribution < -0.4 is 5.43 Å². The first-order valence-corrected chi connectivity index (χ1v) is 8.82. The normalized spacial score (nSPS) is 24.2. The third-order valence-electron chi connectivity index (χ3n) is 5.10. The summed E-state index contributed by atoms with van der Waals surface area (Å²) in [5, 5.41) is 12.7. The Labute approximate surface area is 140 Å². The Morgan fingerprint density at radius 1 is 1.04 bits per heavy atom. The third-order valence-corrected chi connectivity index (χ3v) is 5.10. The number of fused-ring (bicyclic) bond motifs is 1. The van der Waals surface area contributed by atoms with Crippen LogP contribution in [0.2, 0.25) is 0 Å². The number of aromatic nitrogens is 3. The second kappa shape index (κ2) is 6.33. The van der Waals surface area contributed by atoms with Gasteiger partial charge in [0.25, 0.3) is 5.91 Å². The summed E-state index contributed by atoms with van der Waals surface area (Å²) in [5.41, 5.74) is 2.85. The number of rotatable bonds is 2. The molecule has 4 rings (SSSR count). The summed E-state index contributed by atoms with van der Waals surface area (Å²) >= 11 is 0. The van der Waals surface area contributed by atoms with Crippen molar-refractivity contribution in [1.29, 1.82) is 0 Å². The van der Waals surface area contributed by atoms with Crippen LogP contribution in [0.3, 0.4) is 0 Å². The Hall–Kier alpha value is -2.25. The van der Waals surface area contributed by atoms with Gasteiger partial charge in [0, 0.05) is 32.4 Å². The van der Waals surface area contributed by atoms with Gasteiger partial charge in [-0.15, -0.1) is 10.2 Å². The Morgan fingerprint density at radius 3 is 2.79 bits per heavy atom. The van der Waals surface area contributed by atoms with Gasteiger partial charge in [0.05, 0.1) is 6.04 Å². The number of hydrogen-bond acceptors (Lipinski definition) is 5. The van der Waals surface area contributed by atoms with E-state index in [1.807, 2.05) is 4.90 Å². The van der Waals surface area contributed by atoms with E-state index < -0.39 is 0 Å². The van der Waals surface area contributed by atoms with Gasteiger partial charge < -0.3 is 9.47 Å². The van der Waals surface area contributed by atoms with Gasteiger partial charge in [0.1, 0.15) is 11.5 Å². The Morgan fingerprint density at radius 2 is 1.96 bits per heavy atom. The van der Waals surface area contributed by atoms with E-state index in [0.29, 0.717) is 25.1 Å². The number of likely N-dealkylation sites (tertiary alicyclic amines) is 1. The molecule has 0 spiro atoms. The second-order valence-electron chi connectivity index (χ2n) is 6.69. The van der Waals surface area contributed by atoms with Gasteiger partial charge in [-0.1, -0.05) is 6.42 Å². The Kier molecular flexibility index (Phi) is 4.03. The lowest BCUT2D eigenvalue weighted by Crippen LogP contribution is -2.40. The number of carbonyl (C=O) groups is 2. The fourth-order valence-electron chi connectivity index (χ4n) is 3.83. The summed E-state index contributed by atoms with van der Waals surface area (Å²) in [7, 11) is 0. The molecular weight excluding hydrogens is 308 g/mol. The highest BCUT2D eigenvalue weighted by Crippen LogP contribution is 2.32. The monoisotopic (exact) mass is 330 g/mol. The maximum absolute atomic E-state index is 12.8. The Balaban J connectivity index is 1.58.